The van der Waals surface area contributed by atoms with Crippen molar-refractivity contribution in [2.24, 2.45) is 5.92 Å². The predicted octanol–water partition coefficient (Wildman–Crippen LogP) is 4.95. The first-order chi connectivity index (χ1) is 15.0. The van der Waals surface area contributed by atoms with Crippen LogP contribution in [0.15, 0.2) is 12.4 Å². The molecular formula is C20H24F4N6O2. The molecule has 0 amide bonds. The Balaban J connectivity index is 1.60. The maximum atomic E-state index is 14.1. The number of anilines is 2. The largest absolute Gasteiger partial charge is 0.522 e. The van der Waals surface area contributed by atoms with Crippen LogP contribution in [0.5, 0.6) is 5.88 Å². The molecule has 174 valence electrons. The lowest BCUT2D eigenvalue weighted by Crippen LogP contribution is -2.29. The molecule has 12 heteroatoms. The van der Waals surface area contributed by atoms with Crippen molar-refractivity contribution in [1.82, 2.24) is 19.7 Å². The van der Waals surface area contributed by atoms with E-state index >= 15 is 0 Å². The second-order valence-electron chi connectivity index (χ2n) is 8.17. The molecule has 0 bridgehead atoms. The monoisotopic (exact) mass is 456 g/mol. The topological polar surface area (TPSA) is 78.5 Å². The van der Waals surface area contributed by atoms with Crippen LogP contribution in [0.3, 0.4) is 0 Å². The van der Waals surface area contributed by atoms with Crippen LogP contribution in [0.1, 0.15) is 45.2 Å². The molecule has 1 fully saturated rings. The van der Waals surface area contributed by atoms with Crippen molar-refractivity contribution in [3.63, 3.8) is 0 Å². The number of ether oxygens (including phenoxy) is 2. The summed E-state index contributed by atoms with van der Waals surface area (Å²) in [6, 6.07) is 0. The predicted molar refractivity (Wildman–Crippen MR) is 107 cm³/mol. The highest BCUT2D eigenvalue weighted by Crippen LogP contribution is 2.31. The normalized spacial score (nSPS) is 19.4. The van der Waals surface area contributed by atoms with Gasteiger partial charge in [0.25, 0.3) is 5.88 Å². The molecule has 1 aliphatic carbocycles. The lowest BCUT2D eigenvalue weighted by molar-refractivity contribution is -0.345. The van der Waals surface area contributed by atoms with Crippen molar-refractivity contribution in [1.29, 1.82) is 0 Å². The van der Waals surface area contributed by atoms with Crippen LogP contribution in [-0.4, -0.2) is 38.8 Å². The molecule has 2 aromatic heterocycles. The highest BCUT2D eigenvalue weighted by molar-refractivity contribution is 5.55. The van der Waals surface area contributed by atoms with Crippen LogP contribution in [0.2, 0.25) is 0 Å². The van der Waals surface area contributed by atoms with Crippen LogP contribution in [0, 0.1) is 25.2 Å². The van der Waals surface area contributed by atoms with E-state index in [4.69, 9.17) is 11.3 Å². The van der Waals surface area contributed by atoms with E-state index in [-0.39, 0.29) is 37.2 Å². The van der Waals surface area contributed by atoms with Gasteiger partial charge in [-0.2, -0.15) is 19.2 Å². The van der Waals surface area contributed by atoms with Crippen LogP contribution in [0.4, 0.5) is 29.2 Å². The maximum absolute atomic E-state index is 14.1. The zero-order valence-electron chi connectivity index (χ0n) is 17.9. The summed E-state index contributed by atoms with van der Waals surface area (Å²) in [6.07, 6.45) is -1.39. The minimum Gasteiger partial charge on any atom is -0.475 e. The highest BCUT2D eigenvalue weighted by atomic mass is 19.4. The first kappa shape index (κ1) is 23.7. The third-order valence-corrected chi connectivity index (χ3v) is 5.24. The standard InChI is InChI=1S/C20H24F4N6O2/c1-12-16(10-30(29-12)19(2,3)25-4)27-18-26-9-15(21)17(28-18)31-11-13-5-7-14(8-6-13)32-20(22,23)24/h9-10,13-14H,5-8,11H2,1-3H3,(H,26,27,28). The second-order valence-corrected chi connectivity index (χ2v) is 8.17. The van der Waals surface area contributed by atoms with Gasteiger partial charge in [-0.1, -0.05) is 0 Å². The summed E-state index contributed by atoms with van der Waals surface area (Å²) in [7, 11) is 0. The summed E-state index contributed by atoms with van der Waals surface area (Å²) in [5, 5.41) is 7.26. The van der Waals surface area contributed by atoms with Gasteiger partial charge in [0.2, 0.25) is 11.8 Å². The number of nitrogens with zero attached hydrogens (tertiary/aromatic N) is 5. The van der Waals surface area contributed by atoms with Crippen LogP contribution < -0.4 is 10.1 Å². The number of hydrogen-bond acceptors (Lipinski definition) is 6. The van der Waals surface area contributed by atoms with Gasteiger partial charge in [0.05, 0.1) is 36.5 Å². The number of aryl methyl sites for hydroxylation is 1. The van der Waals surface area contributed by atoms with Gasteiger partial charge in [-0.3, -0.25) is 9.58 Å². The smallest absolute Gasteiger partial charge is 0.475 e. The average molecular weight is 456 g/mol. The van der Waals surface area contributed by atoms with E-state index in [1.807, 2.05) is 0 Å². The molecule has 2 aromatic rings. The van der Waals surface area contributed by atoms with Gasteiger partial charge in [0.15, 0.2) is 0 Å². The Hall–Kier alpha value is -2.94. The molecule has 2 heterocycles. The van der Waals surface area contributed by atoms with Crippen LogP contribution >= 0.6 is 0 Å². The highest BCUT2D eigenvalue weighted by Gasteiger charge is 2.35. The molecule has 0 atom stereocenters. The van der Waals surface area contributed by atoms with E-state index in [0.717, 1.165) is 6.20 Å². The third-order valence-electron chi connectivity index (χ3n) is 5.24. The Kier molecular flexibility index (Phi) is 6.88. The van der Waals surface area contributed by atoms with Gasteiger partial charge in [0.1, 0.15) is 0 Å². The summed E-state index contributed by atoms with van der Waals surface area (Å²) >= 11 is 0. The number of alkyl halides is 3. The minimum atomic E-state index is -4.64. The molecule has 1 N–H and O–H groups in total. The Morgan fingerprint density at radius 1 is 1.25 bits per heavy atom. The van der Waals surface area contributed by atoms with E-state index in [9.17, 15) is 17.6 Å². The third kappa shape index (κ3) is 6.06. The van der Waals surface area contributed by atoms with Gasteiger partial charge in [-0.15, -0.1) is 13.2 Å². The maximum Gasteiger partial charge on any atom is 0.522 e. The zero-order valence-corrected chi connectivity index (χ0v) is 17.9. The zero-order chi connectivity index (χ0) is 23.5. The molecule has 0 spiro atoms. The SMILES string of the molecule is [C-]#[N+]C(C)(C)n1cc(Nc2ncc(F)c(OCC3CCC(OC(F)(F)F)CC3)n2)c(C)n1. The van der Waals surface area contributed by atoms with Gasteiger partial charge < -0.3 is 10.1 Å². The van der Waals surface area contributed by atoms with Crippen molar-refractivity contribution in [3.8, 4) is 5.88 Å². The molecule has 3 rings (SSSR count). The Morgan fingerprint density at radius 2 is 1.94 bits per heavy atom. The number of hydrogen-bond donors (Lipinski definition) is 1. The Bertz CT molecular complexity index is 977. The summed E-state index contributed by atoms with van der Waals surface area (Å²) in [6.45, 7) is 12.6. The molecule has 0 aromatic carbocycles. The summed E-state index contributed by atoms with van der Waals surface area (Å²) in [4.78, 5) is 11.5. The molecule has 0 saturated heterocycles. The first-order valence-corrected chi connectivity index (χ1v) is 10.1. The fourth-order valence-corrected chi connectivity index (χ4v) is 3.35. The molecule has 8 nitrogen and oxygen atoms in total. The van der Waals surface area contributed by atoms with E-state index in [1.54, 1.807) is 27.0 Å². The number of rotatable bonds is 7. The van der Waals surface area contributed by atoms with Gasteiger partial charge >= 0.3 is 12.0 Å². The lowest BCUT2D eigenvalue weighted by atomic mass is 9.88. The number of halogens is 4. The molecule has 0 radical (unpaired) electrons. The quantitative estimate of drug-likeness (QED) is 0.469. The molecule has 0 aliphatic heterocycles. The Labute approximate surface area is 182 Å². The molecule has 1 saturated carbocycles. The second kappa shape index (κ2) is 9.28. The van der Waals surface area contributed by atoms with Crippen molar-refractivity contribution < 1.29 is 27.0 Å². The first-order valence-electron chi connectivity index (χ1n) is 10.1. The van der Waals surface area contributed by atoms with E-state index < -0.39 is 23.9 Å². The number of aromatic nitrogens is 4. The van der Waals surface area contributed by atoms with E-state index in [2.05, 4.69) is 30.0 Å². The summed E-state index contributed by atoms with van der Waals surface area (Å²) in [5.41, 5.74) is 0.296. The van der Waals surface area contributed by atoms with Gasteiger partial charge in [-0.25, -0.2) is 11.6 Å². The minimum absolute atomic E-state index is 0.0230. The van der Waals surface area contributed by atoms with E-state index in [1.165, 1.54) is 4.68 Å². The Morgan fingerprint density at radius 3 is 2.56 bits per heavy atom. The fourth-order valence-electron chi connectivity index (χ4n) is 3.35. The van der Waals surface area contributed by atoms with Crippen molar-refractivity contribution in [3.05, 3.63) is 35.3 Å². The average Bonchev–Trinajstić information content (AvgIpc) is 3.09. The summed E-state index contributed by atoms with van der Waals surface area (Å²) < 4.78 is 62.2. The molecule has 1 aliphatic rings. The van der Waals surface area contributed by atoms with Crippen LogP contribution in [0.25, 0.3) is 4.85 Å². The van der Waals surface area contributed by atoms with Gasteiger partial charge in [0, 0.05) is 13.8 Å². The fraction of sp³-hybridized carbons (Fsp3) is 0.600. The summed E-state index contributed by atoms with van der Waals surface area (Å²) in [5.74, 6) is -0.925. The van der Waals surface area contributed by atoms with Crippen molar-refractivity contribution in [2.45, 2.75) is 64.6 Å². The van der Waals surface area contributed by atoms with Crippen LogP contribution in [-0.2, 0) is 10.4 Å². The number of nitrogens with one attached hydrogen (secondary N) is 1. The molecule has 0 unspecified atom stereocenters. The molecular weight excluding hydrogens is 432 g/mol. The molecule has 32 heavy (non-hydrogen) atoms. The lowest BCUT2D eigenvalue weighted by Gasteiger charge is -2.28. The van der Waals surface area contributed by atoms with Crippen molar-refractivity contribution >= 4 is 11.6 Å². The van der Waals surface area contributed by atoms with E-state index in [0.29, 0.717) is 24.2 Å². The van der Waals surface area contributed by atoms with Crippen molar-refractivity contribution in [2.75, 3.05) is 11.9 Å². The van der Waals surface area contributed by atoms with Gasteiger partial charge in [-0.05, 0) is 38.5 Å².